The van der Waals surface area contributed by atoms with Crippen LogP contribution in [0.2, 0.25) is 15.1 Å². The quantitative estimate of drug-likeness (QED) is 0.448. The van der Waals surface area contributed by atoms with E-state index in [4.69, 9.17) is 39.5 Å². The predicted molar refractivity (Wildman–Crippen MR) is 121 cm³/mol. The lowest BCUT2D eigenvalue weighted by Crippen LogP contribution is -2.23. The smallest absolute Gasteiger partial charge is 0.238 e. The summed E-state index contributed by atoms with van der Waals surface area (Å²) in [4.78, 5) is 16.7. The van der Waals surface area contributed by atoms with Crippen LogP contribution in [0.4, 0.5) is 5.82 Å². The minimum absolute atomic E-state index is 0.251. The molecule has 7 nitrogen and oxygen atoms in total. The first-order valence-electron chi connectivity index (χ1n) is 8.85. The van der Waals surface area contributed by atoms with Crippen LogP contribution in [0.25, 0.3) is 11.4 Å². The van der Waals surface area contributed by atoms with Crippen molar-refractivity contribution in [3.8, 4) is 11.4 Å². The number of carbonyl (C=O) groups is 1. The van der Waals surface area contributed by atoms with Crippen molar-refractivity contribution in [1.29, 1.82) is 0 Å². The summed E-state index contributed by atoms with van der Waals surface area (Å²) in [6.45, 7) is 2.76. The molecule has 2 heterocycles. The van der Waals surface area contributed by atoms with Crippen molar-refractivity contribution in [3.63, 3.8) is 0 Å². The Hall–Kier alpha value is -1.84. The maximum absolute atomic E-state index is 12.6. The highest BCUT2D eigenvalue weighted by Crippen LogP contribution is 2.29. The number of hydrogen-bond acceptors (Lipinski definition) is 6. The molecule has 1 atom stereocenters. The number of rotatable bonds is 8. The van der Waals surface area contributed by atoms with E-state index in [1.165, 1.54) is 24.0 Å². The molecular weight excluding hydrogens is 469 g/mol. The third kappa shape index (κ3) is 5.65. The van der Waals surface area contributed by atoms with Crippen LogP contribution in [0.1, 0.15) is 6.92 Å². The van der Waals surface area contributed by atoms with Crippen LogP contribution < -0.4 is 5.32 Å². The second-order valence-corrected chi connectivity index (χ2v) is 8.78. The maximum Gasteiger partial charge on any atom is 0.238 e. The molecule has 0 aliphatic carbocycles. The molecule has 1 unspecified atom stereocenters. The molecule has 1 amide bonds. The van der Waals surface area contributed by atoms with Gasteiger partial charge in [0, 0.05) is 23.9 Å². The summed E-state index contributed by atoms with van der Waals surface area (Å²) in [5.41, 5.74) is 0.865. The molecule has 0 radical (unpaired) electrons. The molecule has 30 heavy (non-hydrogen) atoms. The molecule has 0 saturated carbocycles. The van der Waals surface area contributed by atoms with Crippen LogP contribution in [0.3, 0.4) is 0 Å². The molecule has 11 heteroatoms. The first-order valence-corrected chi connectivity index (χ1v) is 10.9. The van der Waals surface area contributed by atoms with Crippen molar-refractivity contribution in [3.05, 3.63) is 51.6 Å². The summed E-state index contributed by atoms with van der Waals surface area (Å²) in [5.74, 6) is 0.647. The molecule has 0 bridgehead atoms. The Bertz CT molecular complexity index is 1030. The van der Waals surface area contributed by atoms with E-state index in [0.717, 1.165) is 5.56 Å². The van der Waals surface area contributed by atoms with E-state index in [-0.39, 0.29) is 16.7 Å². The van der Waals surface area contributed by atoms with Gasteiger partial charge in [-0.15, -0.1) is 10.2 Å². The molecule has 0 fully saturated rings. The van der Waals surface area contributed by atoms with E-state index >= 15 is 0 Å². The van der Waals surface area contributed by atoms with E-state index in [0.29, 0.717) is 34.2 Å². The molecule has 158 valence electrons. The molecule has 1 N–H and O–H groups in total. The van der Waals surface area contributed by atoms with E-state index in [2.05, 4.69) is 20.5 Å². The number of thioether (sulfide) groups is 1. The molecule has 1 aromatic carbocycles. The predicted octanol–water partition coefficient (Wildman–Crippen LogP) is 5.07. The molecule has 0 saturated heterocycles. The Balaban J connectivity index is 1.79. The van der Waals surface area contributed by atoms with Crippen LogP contribution in [-0.4, -0.2) is 44.6 Å². The summed E-state index contributed by atoms with van der Waals surface area (Å²) >= 11 is 19.2. The Morgan fingerprint density at radius 3 is 2.60 bits per heavy atom. The first kappa shape index (κ1) is 22.8. The van der Waals surface area contributed by atoms with E-state index in [9.17, 15) is 4.79 Å². The Morgan fingerprint density at radius 1 is 1.20 bits per heavy atom. The van der Waals surface area contributed by atoms with Gasteiger partial charge in [0.2, 0.25) is 5.91 Å². The lowest BCUT2D eigenvalue weighted by atomic mass is 10.2. The van der Waals surface area contributed by atoms with Gasteiger partial charge in [0.1, 0.15) is 0 Å². The minimum Gasteiger partial charge on any atom is -0.383 e. The fourth-order valence-corrected chi connectivity index (χ4v) is 3.94. The molecule has 3 rings (SSSR count). The normalized spacial score (nSPS) is 12.0. The molecule has 0 spiro atoms. The number of ether oxygens (including phenoxy) is 1. The van der Waals surface area contributed by atoms with Gasteiger partial charge in [-0.1, -0.05) is 46.6 Å². The second-order valence-electron chi connectivity index (χ2n) is 6.19. The average Bonchev–Trinajstić information content (AvgIpc) is 3.11. The Labute approximate surface area is 193 Å². The third-order valence-electron chi connectivity index (χ3n) is 4.04. The highest BCUT2D eigenvalue weighted by Gasteiger charge is 2.22. The van der Waals surface area contributed by atoms with Crippen molar-refractivity contribution in [1.82, 2.24) is 19.7 Å². The number of anilines is 1. The van der Waals surface area contributed by atoms with Crippen LogP contribution in [0, 0.1) is 0 Å². The van der Waals surface area contributed by atoms with Crippen molar-refractivity contribution >= 4 is 58.3 Å². The molecular formula is C19H18Cl3N5O2S. The fourth-order valence-electron chi connectivity index (χ4n) is 2.51. The van der Waals surface area contributed by atoms with E-state index in [1.807, 2.05) is 16.7 Å². The van der Waals surface area contributed by atoms with Gasteiger partial charge in [-0.2, -0.15) is 0 Å². The van der Waals surface area contributed by atoms with Gasteiger partial charge in [-0.25, -0.2) is 4.98 Å². The molecule has 0 aliphatic rings. The van der Waals surface area contributed by atoms with Crippen molar-refractivity contribution in [2.24, 2.45) is 0 Å². The number of aromatic nitrogens is 4. The largest absolute Gasteiger partial charge is 0.383 e. The lowest BCUT2D eigenvalue weighted by Gasteiger charge is -2.14. The topological polar surface area (TPSA) is 81.9 Å². The maximum atomic E-state index is 12.6. The van der Waals surface area contributed by atoms with Crippen LogP contribution >= 0.6 is 46.6 Å². The second kappa shape index (κ2) is 10.5. The van der Waals surface area contributed by atoms with Gasteiger partial charge < -0.3 is 10.1 Å². The molecule has 2 aromatic heterocycles. The summed E-state index contributed by atoms with van der Waals surface area (Å²) in [5, 5.41) is 12.7. The number of benzene rings is 1. The average molecular weight is 487 g/mol. The number of halogens is 3. The number of carbonyl (C=O) groups excluding carboxylic acids is 1. The van der Waals surface area contributed by atoms with Gasteiger partial charge in [0.25, 0.3) is 0 Å². The lowest BCUT2D eigenvalue weighted by molar-refractivity contribution is -0.115. The zero-order valence-electron chi connectivity index (χ0n) is 16.1. The van der Waals surface area contributed by atoms with Crippen LogP contribution in [0.5, 0.6) is 0 Å². The van der Waals surface area contributed by atoms with Crippen LogP contribution in [0.15, 0.2) is 41.7 Å². The number of methoxy groups -OCH3 is 1. The first-order chi connectivity index (χ1) is 14.4. The van der Waals surface area contributed by atoms with Gasteiger partial charge in [-0.3, -0.25) is 9.36 Å². The van der Waals surface area contributed by atoms with E-state index in [1.54, 1.807) is 26.2 Å². The standard InChI is InChI=1S/C19H18Cl3N5O2S/c1-11(18(28)24-16-15(22)9-14(21)10-23-16)30-19-26-25-17(27(19)7-8-29-2)12-3-5-13(20)6-4-12/h3-6,9-11H,7-8H2,1-2H3,(H,23,24,28). The van der Waals surface area contributed by atoms with Crippen molar-refractivity contribution in [2.75, 3.05) is 19.0 Å². The third-order valence-corrected chi connectivity index (χ3v) is 5.87. The zero-order valence-corrected chi connectivity index (χ0v) is 19.2. The van der Waals surface area contributed by atoms with Gasteiger partial charge in [0.05, 0.1) is 28.4 Å². The zero-order chi connectivity index (χ0) is 21.7. The molecule has 0 aliphatic heterocycles. The van der Waals surface area contributed by atoms with Gasteiger partial charge in [0.15, 0.2) is 16.8 Å². The minimum atomic E-state index is -0.484. The van der Waals surface area contributed by atoms with Crippen molar-refractivity contribution < 1.29 is 9.53 Å². The Morgan fingerprint density at radius 2 is 1.93 bits per heavy atom. The fraction of sp³-hybridized carbons (Fsp3) is 0.263. The summed E-state index contributed by atoms with van der Waals surface area (Å²) in [7, 11) is 1.62. The summed E-state index contributed by atoms with van der Waals surface area (Å²) < 4.78 is 7.13. The highest BCUT2D eigenvalue weighted by atomic mass is 35.5. The Kier molecular flexibility index (Phi) is 7.96. The highest BCUT2D eigenvalue weighted by molar-refractivity contribution is 8.00. The SMILES string of the molecule is COCCn1c(SC(C)C(=O)Nc2ncc(Cl)cc2Cl)nnc1-c1ccc(Cl)cc1. The van der Waals surface area contributed by atoms with Crippen LogP contribution in [-0.2, 0) is 16.1 Å². The summed E-state index contributed by atoms with van der Waals surface area (Å²) in [6, 6.07) is 8.84. The number of hydrogen-bond donors (Lipinski definition) is 1. The van der Waals surface area contributed by atoms with Crippen molar-refractivity contribution in [2.45, 2.75) is 23.9 Å². The number of nitrogens with zero attached hydrogens (tertiary/aromatic N) is 4. The number of nitrogens with one attached hydrogen (secondary N) is 1. The number of amides is 1. The van der Waals surface area contributed by atoms with E-state index < -0.39 is 5.25 Å². The summed E-state index contributed by atoms with van der Waals surface area (Å²) in [6.07, 6.45) is 1.42. The van der Waals surface area contributed by atoms with Gasteiger partial charge >= 0.3 is 0 Å². The number of pyridine rings is 1. The van der Waals surface area contributed by atoms with Gasteiger partial charge in [-0.05, 0) is 37.3 Å². The monoisotopic (exact) mass is 485 g/mol. The molecule has 3 aromatic rings.